The van der Waals surface area contributed by atoms with Crippen molar-refractivity contribution >= 4 is 55.1 Å². The number of amides is 2. The van der Waals surface area contributed by atoms with Crippen LogP contribution in [0.25, 0.3) is 5.69 Å². The summed E-state index contributed by atoms with van der Waals surface area (Å²) in [5, 5.41) is 9.53. The summed E-state index contributed by atoms with van der Waals surface area (Å²) < 4.78 is 70.7. The van der Waals surface area contributed by atoms with E-state index in [4.69, 9.17) is 23.2 Å². The molecule has 2 heterocycles. The van der Waals surface area contributed by atoms with Crippen LogP contribution >= 0.6 is 23.2 Å². The van der Waals surface area contributed by atoms with Crippen molar-refractivity contribution in [1.29, 1.82) is 0 Å². The molecule has 0 atom stereocenters. The highest BCUT2D eigenvalue weighted by Gasteiger charge is 2.24. The lowest BCUT2D eigenvalue weighted by Gasteiger charge is -2.24. The zero-order chi connectivity index (χ0) is 38.3. The molecule has 6 rings (SSSR count). The molecular weight excluding hydrogens is 766 g/mol. The van der Waals surface area contributed by atoms with Gasteiger partial charge in [-0.2, -0.15) is 10.2 Å². The highest BCUT2D eigenvalue weighted by Crippen LogP contribution is 2.29. The molecule has 17 heteroatoms. The number of hydrogen-bond acceptors (Lipinski definition) is 8. The maximum absolute atomic E-state index is 14.1. The summed E-state index contributed by atoms with van der Waals surface area (Å²) in [6.07, 6.45) is 5.30. The van der Waals surface area contributed by atoms with E-state index >= 15 is 0 Å². The van der Waals surface area contributed by atoms with Gasteiger partial charge in [-0.3, -0.25) is 14.3 Å². The lowest BCUT2D eigenvalue weighted by atomic mass is 9.95. The van der Waals surface area contributed by atoms with Gasteiger partial charge in [0.05, 0.1) is 45.8 Å². The standard InChI is InChI=1S/C18H15ClFN3O3S.C18H22ClN3O3S/c1-12-10-14(23(21-12)17-5-3-2-4-16(17)20)11-18(24)22-27(25,26)15-8-6-13(19)7-9-15;1-13-11-16(22(20-13)15-5-3-2-4-6-15)12-18(23)21-26(24,25)17-9-7-14(19)8-10-17/h2-10H,11H2,1H3,(H,22,24);7-11,15H,2-6,12H2,1H3,(H,21,23). The molecule has 1 aliphatic rings. The van der Waals surface area contributed by atoms with E-state index in [0.29, 0.717) is 21.4 Å². The number of nitrogens with one attached hydrogen (secondary N) is 2. The predicted octanol–water partition coefficient (Wildman–Crippen LogP) is 6.42. The third kappa shape index (κ3) is 10.5. The van der Waals surface area contributed by atoms with Gasteiger partial charge in [0.25, 0.3) is 20.0 Å². The van der Waals surface area contributed by atoms with Gasteiger partial charge in [-0.05, 0) is 99.5 Å². The molecule has 5 aromatic rings. The smallest absolute Gasteiger partial charge is 0.264 e. The predicted molar refractivity (Wildman–Crippen MR) is 198 cm³/mol. The molecule has 1 fully saturated rings. The number of para-hydroxylation sites is 1. The van der Waals surface area contributed by atoms with E-state index in [-0.39, 0.29) is 34.4 Å². The number of carbonyl (C=O) groups is 2. The van der Waals surface area contributed by atoms with Gasteiger partial charge in [0.15, 0.2) is 0 Å². The van der Waals surface area contributed by atoms with Crippen molar-refractivity contribution < 1.29 is 30.8 Å². The number of aryl methyl sites for hydroxylation is 2. The van der Waals surface area contributed by atoms with E-state index in [2.05, 4.69) is 14.9 Å². The minimum atomic E-state index is -4.04. The topological polar surface area (TPSA) is 162 Å². The average molecular weight is 804 g/mol. The second-order valence-electron chi connectivity index (χ2n) is 12.5. The number of aromatic nitrogens is 4. The zero-order valence-electron chi connectivity index (χ0n) is 28.8. The molecule has 3 aromatic carbocycles. The van der Waals surface area contributed by atoms with Crippen LogP contribution in [-0.2, 0) is 42.5 Å². The van der Waals surface area contributed by atoms with Crippen molar-refractivity contribution in [3.8, 4) is 5.69 Å². The first-order valence-corrected chi connectivity index (χ1v) is 20.3. The molecule has 0 radical (unpaired) electrons. The summed E-state index contributed by atoms with van der Waals surface area (Å²) in [4.78, 5) is 24.6. The summed E-state index contributed by atoms with van der Waals surface area (Å²) in [6.45, 7) is 3.58. The zero-order valence-corrected chi connectivity index (χ0v) is 31.9. The molecule has 2 aromatic heterocycles. The number of sulfonamides is 2. The maximum Gasteiger partial charge on any atom is 0.264 e. The van der Waals surface area contributed by atoms with Crippen LogP contribution in [-0.4, -0.2) is 48.2 Å². The molecule has 1 saturated carbocycles. The monoisotopic (exact) mass is 802 g/mol. The van der Waals surface area contributed by atoms with Crippen molar-refractivity contribution in [1.82, 2.24) is 29.0 Å². The largest absolute Gasteiger partial charge is 0.274 e. The lowest BCUT2D eigenvalue weighted by Crippen LogP contribution is -2.32. The van der Waals surface area contributed by atoms with Crippen LogP contribution in [0.2, 0.25) is 10.0 Å². The third-order valence-corrected chi connectivity index (χ3v) is 11.6. The van der Waals surface area contributed by atoms with Crippen LogP contribution in [0, 0.1) is 19.7 Å². The summed E-state index contributed by atoms with van der Waals surface area (Å²) in [5.74, 6) is -1.84. The molecular formula is C36H37Cl2FN6O6S2. The molecule has 53 heavy (non-hydrogen) atoms. The number of carbonyl (C=O) groups excluding carboxylic acids is 2. The van der Waals surface area contributed by atoms with Gasteiger partial charge in [0.2, 0.25) is 11.8 Å². The number of nitrogens with zero attached hydrogens (tertiary/aromatic N) is 4. The van der Waals surface area contributed by atoms with Crippen molar-refractivity contribution in [3.05, 3.63) is 124 Å². The summed E-state index contributed by atoms with van der Waals surface area (Å²) >= 11 is 11.5. The number of benzene rings is 3. The SMILES string of the molecule is Cc1cc(CC(=O)NS(=O)(=O)c2ccc(Cl)cc2)n(-c2ccccc2F)n1.Cc1cc(CC(=O)NS(=O)(=O)c2ccc(Cl)cc2)n(C2CCCCC2)n1. The Labute approximate surface area is 317 Å². The summed E-state index contributed by atoms with van der Waals surface area (Å²) in [5.41, 5.74) is 2.69. The number of halogens is 3. The van der Waals surface area contributed by atoms with Gasteiger partial charge in [-0.25, -0.2) is 35.4 Å². The Kier molecular flexibility index (Phi) is 12.8. The molecule has 0 bridgehead atoms. The Morgan fingerprint density at radius 1 is 0.717 bits per heavy atom. The van der Waals surface area contributed by atoms with Crippen LogP contribution in [0.4, 0.5) is 4.39 Å². The van der Waals surface area contributed by atoms with Gasteiger partial charge in [0.1, 0.15) is 11.5 Å². The molecule has 12 nitrogen and oxygen atoms in total. The van der Waals surface area contributed by atoms with Crippen molar-refractivity contribution in [2.75, 3.05) is 0 Å². The molecule has 1 aliphatic carbocycles. The van der Waals surface area contributed by atoms with Gasteiger partial charge in [-0.15, -0.1) is 0 Å². The first-order valence-electron chi connectivity index (χ1n) is 16.6. The minimum Gasteiger partial charge on any atom is -0.274 e. The molecule has 280 valence electrons. The first-order chi connectivity index (χ1) is 25.1. The molecule has 2 N–H and O–H groups in total. The highest BCUT2D eigenvalue weighted by molar-refractivity contribution is 7.90. The molecule has 0 unspecified atom stereocenters. The van der Waals surface area contributed by atoms with Gasteiger partial charge in [0, 0.05) is 15.7 Å². The Balaban J connectivity index is 0.000000204. The van der Waals surface area contributed by atoms with Crippen LogP contribution < -0.4 is 9.44 Å². The fourth-order valence-corrected chi connectivity index (χ4v) is 8.12. The quantitative estimate of drug-likeness (QED) is 0.164. The maximum atomic E-state index is 14.1. The van der Waals surface area contributed by atoms with Crippen LogP contribution in [0.15, 0.2) is 94.7 Å². The van der Waals surface area contributed by atoms with Crippen LogP contribution in [0.5, 0.6) is 0 Å². The summed E-state index contributed by atoms with van der Waals surface area (Å²) in [6, 6.07) is 20.8. The van der Waals surface area contributed by atoms with E-state index in [1.54, 1.807) is 25.1 Å². The highest BCUT2D eigenvalue weighted by atomic mass is 35.5. The van der Waals surface area contributed by atoms with E-state index < -0.39 is 37.7 Å². The van der Waals surface area contributed by atoms with E-state index in [1.807, 2.05) is 22.4 Å². The molecule has 0 saturated heterocycles. The Morgan fingerprint density at radius 3 is 1.72 bits per heavy atom. The van der Waals surface area contributed by atoms with E-state index in [9.17, 15) is 30.8 Å². The average Bonchev–Trinajstić information content (AvgIpc) is 3.65. The Hall–Kier alpha value is -4.57. The number of hydrogen-bond donors (Lipinski definition) is 2. The molecule has 0 spiro atoms. The second-order valence-corrected chi connectivity index (χ2v) is 16.7. The molecule has 2 amide bonds. The number of rotatable bonds is 10. The van der Waals surface area contributed by atoms with Crippen LogP contribution in [0.3, 0.4) is 0 Å². The van der Waals surface area contributed by atoms with E-state index in [0.717, 1.165) is 37.1 Å². The van der Waals surface area contributed by atoms with Gasteiger partial charge < -0.3 is 0 Å². The minimum absolute atomic E-state index is 0.00668. The van der Waals surface area contributed by atoms with Gasteiger partial charge in [-0.1, -0.05) is 54.6 Å². The Morgan fingerprint density at radius 2 is 1.19 bits per heavy atom. The van der Waals surface area contributed by atoms with E-state index in [1.165, 1.54) is 71.8 Å². The van der Waals surface area contributed by atoms with Crippen molar-refractivity contribution in [2.45, 2.75) is 74.6 Å². The van der Waals surface area contributed by atoms with Gasteiger partial charge >= 0.3 is 0 Å². The Bertz CT molecular complexity index is 2310. The van der Waals surface area contributed by atoms with Crippen LogP contribution in [0.1, 0.15) is 60.9 Å². The third-order valence-electron chi connectivity index (χ3n) is 8.27. The normalized spacial score (nSPS) is 13.5. The molecule has 0 aliphatic heterocycles. The van der Waals surface area contributed by atoms with Crippen molar-refractivity contribution in [2.24, 2.45) is 0 Å². The second kappa shape index (κ2) is 17.1. The fraction of sp³-hybridized carbons (Fsp3) is 0.278. The van der Waals surface area contributed by atoms with Crippen molar-refractivity contribution in [3.63, 3.8) is 0 Å². The fourth-order valence-electron chi connectivity index (χ4n) is 5.90. The first kappa shape index (κ1) is 39.6. The summed E-state index contributed by atoms with van der Waals surface area (Å²) in [7, 11) is -7.95. The lowest BCUT2D eigenvalue weighted by molar-refractivity contribution is -0.119.